The first-order valence-electron chi connectivity index (χ1n) is 8.62. The van der Waals surface area contributed by atoms with Gasteiger partial charge in [-0.1, -0.05) is 18.2 Å². The summed E-state index contributed by atoms with van der Waals surface area (Å²) < 4.78 is 5.26. The second-order valence-corrected chi connectivity index (χ2v) is 8.27. The summed E-state index contributed by atoms with van der Waals surface area (Å²) in [7, 11) is 1.57. The zero-order chi connectivity index (χ0) is 19.9. The number of anilines is 2. The molecule has 144 valence electrons. The maximum absolute atomic E-state index is 12.5. The van der Waals surface area contributed by atoms with Gasteiger partial charge in [-0.2, -0.15) is 0 Å². The number of amides is 2. The molecule has 1 atom stereocenters. The van der Waals surface area contributed by atoms with Crippen LogP contribution in [0.3, 0.4) is 0 Å². The second-order valence-electron chi connectivity index (χ2n) is 5.91. The van der Waals surface area contributed by atoms with Gasteiger partial charge in [-0.3, -0.25) is 9.59 Å². The highest BCUT2D eigenvalue weighted by atomic mass is 32.2. The molecular formula is C21H20N2O3S2. The number of nitrogens with one attached hydrogen (secondary N) is 2. The van der Waals surface area contributed by atoms with E-state index in [0.29, 0.717) is 22.0 Å². The molecule has 0 saturated heterocycles. The van der Waals surface area contributed by atoms with Crippen molar-refractivity contribution in [2.45, 2.75) is 17.1 Å². The van der Waals surface area contributed by atoms with Crippen molar-refractivity contribution in [1.29, 1.82) is 0 Å². The van der Waals surface area contributed by atoms with Crippen molar-refractivity contribution in [3.05, 3.63) is 70.9 Å². The van der Waals surface area contributed by atoms with Gasteiger partial charge in [0.2, 0.25) is 5.91 Å². The fourth-order valence-electron chi connectivity index (χ4n) is 2.46. The predicted molar refractivity (Wildman–Crippen MR) is 116 cm³/mol. The van der Waals surface area contributed by atoms with E-state index in [-0.39, 0.29) is 17.1 Å². The Bertz CT molecular complexity index is 941. The number of hydrogen-bond donors (Lipinski definition) is 2. The number of rotatable bonds is 7. The molecule has 2 N–H and O–H groups in total. The van der Waals surface area contributed by atoms with E-state index in [1.807, 2.05) is 54.8 Å². The number of carbonyl (C=O) groups excluding carboxylic acids is 2. The van der Waals surface area contributed by atoms with Gasteiger partial charge in [-0.25, -0.2) is 0 Å². The maximum Gasteiger partial charge on any atom is 0.265 e. The summed E-state index contributed by atoms with van der Waals surface area (Å²) in [4.78, 5) is 26.2. The van der Waals surface area contributed by atoms with E-state index in [9.17, 15) is 9.59 Å². The van der Waals surface area contributed by atoms with Crippen molar-refractivity contribution in [3.63, 3.8) is 0 Å². The molecule has 0 aliphatic carbocycles. The van der Waals surface area contributed by atoms with Crippen LogP contribution in [0.25, 0.3) is 0 Å². The van der Waals surface area contributed by atoms with Crippen molar-refractivity contribution in [2.75, 3.05) is 17.7 Å². The molecule has 0 bridgehead atoms. The Balaban J connectivity index is 1.57. The molecular weight excluding hydrogens is 392 g/mol. The topological polar surface area (TPSA) is 67.4 Å². The van der Waals surface area contributed by atoms with Gasteiger partial charge in [-0.15, -0.1) is 23.1 Å². The minimum absolute atomic E-state index is 0.107. The third-order valence-corrected chi connectivity index (χ3v) is 5.88. The van der Waals surface area contributed by atoms with Gasteiger partial charge < -0.3 is 15.4 Å². The third kappa shape index (κ3) is 5.15. The summed E-state index contributed by atoms with van der Waals surface area (Å²) in [6, 6.07) is 18.4. The molecule has 3 aromatic rings. The molecule has 5 nitrogen and oxygen atoms in total. The number of ether oxygens (including phenoxy) is 1. The van der Waals surface area contributed by atoms with Crippen molar-refractivity contribution in [1.82, 2.24) is 0 Å². The minimum Gasteiger partial charge on any atom is -0.495 e. The molecule has 2 amide bonds. The number of methoxy groups -OCH3 is 1. The highest BCUT2D eigenvalue weighted by Crippen LogP contribution is 2.28. The molecule has 2 aromatic carbocycles. The Morgan fingerprint density at radius 1 is 1.00 bits per heavy atom. The Kier molecular flexibility index (Phi) is 6.73. The van der Waals surface area contributed by atoms with E-state index < -0.39 is 0 Å². The van der Waals surface area contributed by atoms with Gasteiger partial charge in [0.05, 0.1) is 22.9 Å². The average molecular weight is 413 g/mol. The van der Waals surface area contributed by atoms with Crippen LogP contribution in [0.5, 0.6) is 5.75 Å². The Morgan fingerprint density at radius 3 is 2.43 bits per heavy atom. The fraction of sp³-hybridized carbons (Fsp3) is 0.143. The zero-order valence-electron chi connectivity index (χ0n) is 15.5. The van der Waals surface area contributed by atoms with Gasteiger partial charge in [0.25, 0.3) is 5.91 Å². The Labute approximate surface area is 172 Å². The molecule has 3 rings (SSSR count). The number of thiophene rings is 1. The van der Waals surface area contributed by atoms with Gasteiger partial charge in [0, 0.05) is 10.6 Å². The average Bonchev–Trinajstić information content (AvgIpc) is 3.25. The smallest absolute Gasteiger partial charge is 0.265 e. The predicted octanol–water partition coefficient (Wildman–Crippen LogP) is 5.13. The summed E-state index contributed by atoms with van der Waals surface area (Å²) in [6.45, 7) is 1.85. The van der Waals surface area contributed by atoms with E-state index in [2.05, 4.69) is 10.6 Å². The largest absolute Gasteiger partial charge is 0.495 e. The summed E-state index contributed by atoms with van der Waals surface area (Å²) in [5, 5.41) is 7.33. The molecule has 0 radical (unpaired) electrons. The maximum atomic E-state index is 12.5. The van der Waals surface area contributed by atoms with Gasteiger partial charge in [0.1, 0.15) is 5.75 Å². The van der Waals surface area contributed by atoms with Gasteiger partial charge in [-0.05, 0) is 54.8 Å². The molecule has 0 saturated carbocycles. The standard InChI is InChI=1S/C21H20N2O3S2/c1-14(20(24)23-17-6-3-4-7-18(17)26-2)28-16-11-9-15(10-12-16)22-21(25)19-8-5-13-27-19/h3-14H,1-2H3,(H,22,25)(H,23,24). The first kappa shape index (κ1) is 20.0. The number of carbonyl (C=O) groups is 2. The molecule has 28 heavy (non-hydrogen) atoms. The van der Waals surface area contributed by atoms with Crippen molar-refractivity contribution < 1.29 is 14.3 Å². The highest BCUT2D eigenvalue weighted by molar-refractivity contribution is 8.00. The normalized spacial score (nSPS) is 11.5. The lowest BCUT2D eigenvalue weighted by molar-refractivity contribution is -0.115. The lowest BCUT2D eigenvalue weighted by Gasteiger charge is -2.14. The minimum atomic E-state index is -0.295. The van der Waals surface area contributed by atoms with Crippen LogP contribution in [0.1, 0.15) is 16.6 Å². The van der Waals surface area contributed by atoms with Crippen LogP contribution in [-0.4, -0.2) is 24.2 Å². The van der Waals surface area contributed by atoms with E-state index >= 15 is 0 Å². The van der Waals surface area contributed by atoms with Crippen LogP contribution in [-0.2, 0) is 4.79 Å². The van der Waals surface area contributed by atoms with Crippen LogP contribution >= 0.6 is 23.1 Å². The molecule has 1 aromatic heterocycles. The number of thioether (sulfide) groups is 1. The van der Waals surface area contributed by atoms with E-state index in [4.69, 9.17) is 4.74 Å². The van der Waals surface area contributed by atoms with Crippen molar-refractivity contribution in [2.24, 2.45) is 0 Å². The first-order valence-corrected chi connectivity index (χ1v) is 10.4. The van der Waals surface area contributed by atoms with Crippen LogP contribution in [0.4, 0.5) is 11.4 Å². The summed E-state index contributed by atoms with van der Waals surface area (Å²) in [5.74, 6) is 0.392. The highest BCUT2D eigenvalue weighted by Gasteiger charge is 2.16. The quantitative estimate of drug-likeness (QED) is 0.528. The van der Waals surface area contributed by atoms with Crippen LogP contribution in [0.15, 0.2) is 70.9 Å². The SMILES string of the molecule is COc1ccccc1NC(=O)C(C)Sc1ccc(NC(=O)c2cccs2)cc1. The lowest BCUT2D eigenvalue weighted by Crippen LogP contribution is -2.22. The lowest BCUT2D eigenvalue weighted by atomic mass is 10.3. The monoisotopic (exact) mass is 412 g/mol. The molecule has 0 aliphatic rings. The van der Waals surface area contributed by atoms with Crippen molar-refractivity contribution in [3.8, 4) is 5.75 Å². The fourth-order valence-corrected chi connectivity index (χ4v) is 3.94. The number of benzene rings is 2. The van der Waals surface area contributed by atoms with E-state index in [0.717, 1.165) is 4.90 Å². The summed E-state index contributed by atoms with van der Waals surface area (Å²) in [5.41, 5.74) is 1.36. The zero-order valence-corrected chi connectivity index (χ0v) is 17.1. The van der Waals surface area contributed by atoms with E-state index in [1.165, 1.54) is 23.1 Å². The second kappa shape index (κ2) is 9.43. The van der Waals surface area contributed by atoms with Gasteiger partial charge >= 0.3 is 0 Å². The van der Waals surface area contributed by atoms with Crippen LogP contribution in [0, 0.1) is 0 Å². The van der Waals surface area contributed by atoms with Crippen molar-refractivity contribution >= 4 is 46.3 Å². The first-order chi connectivity index (χ1) is 13.6. The summed E-state index contributed by atoms with van der Waals surface area (Å²) in [6.07, 6.45) is 0. The molecule has 1 heterocycles. The molecule has 7 heteroatoms. The van der Waals surface area contributed by atoms with E-state index in [1.54, 1.807) is 25.3 Å². The molecule has 1 unspecified atom stereocenters. The van der Waals surface area contributed by atoms with Crippen LogP contribution in [0.2, 0.25) is 0 Å². The number of hydrogen-bond acceptors (Lipinski definition) is 5. The Morgan fingerprint density at radius 2 is 1.75 bits per heavy atom. The van der Waals surface area contributed by atoms with Gasteiger partial charge in [0.15, 0.2) is 0 Å². The Hall–Kier alpha value is -2.77. The third-order valence-electron chi connectivity index (χ3n) is 3.90. The number of para-hydroxylation sites is 2. The molecule has 0 fully saturated rings. The summed E-state index contributed by atoms with van der Waals surface area (Å²) >= 11 is 2.84. The molecule has 0 aliphatic heterocycles. The molecule has 0 spiro atoms. The van der Waals surface area contributed by atoms with Crippen LogP contribution < -0.4 is 15.4 Å².